The highest BCUT2D eigenvalue weighted by atomic mass is 32.2. The highest BCUT2D eigenvalue weighted by molar-refractivity contribution is 7.85. The maximum absolute atomic E-state index is 11.6. The minimum absolute atomic E-state index is 0.0255. The van der Waals surface area contributed by atoms with Crippen molar-refractivity contribution in [1.29, 1.82) is 0 Å². The van der Waals surface area contributed by atoms with E-state index < -0.39 is 10.1 Å². The Morgan fingerprint density at radius 2 is 1.76 bits per heavy atom. The molecule has 0 spiro atoms. The van der Waals surface area contributed by atoms with Crippen molar-refractivity contribution in [1.82, 2.24) is 0 Å². The van der Waals surface area contributed by atoms with Crippen molar-refractivity contribution < 1.29 is 17.4 Å². The molecule has 2 atom stereocenters. The fraction of sp³-hybridized carbons (Fsp3) is 0.917. The molecule has 0 radical (unpaired) electrons. The summed E-state index contributed by atoms with van der Waals surface area (Å²) in [6.07, 6.45) is 4.25. The average Bonchev–Trinajstić information content (AvgIpc) is 2.50. The van der Waals surface area contributed by atoms with Crippen molar-refractivity contribution >= 4 is 15.9 Å². The van der Waals surface area contributed by atoms with Crippen LogP contribution in [0.5, 0.6) is 0 Å². The fourth-order valence-electron chi connectivity index (χ4n) is 2.90. The van der Waals surface area contributed by atoms with Crippen LogP contribution in [0, 0.1) is 16.7 Å². The van der Waals surface area contributed by atoms with Gasteiger partial charge >= 0.3 is 0 Å². The first-order valence-electron chi connectivity index (χ1n) is 5.83. The third-order valence-corrected chi connectivity index (χ3v) is 5.39. The topological polar surface area (TPSA) is 60.4 Å². The predicted octanol–water partition coefficient (Wildman–Crippen LogP) is 1.99. The minimum Gasteiger partial charge on any atom is -0.299 e. The molecule has 4 nitrogen and oxygen atoms in total. The average molecular weight is 262 g/mol. The molecule has 2 rings (SSSR count). The molecule has 100 valence electrons. The molecular weight excluding hydrogens is 240 g/mol. The van der Waals surface area contributed by atoms with Crippen LogP contribution in [0.15, 0.2) is 0 Å². The van der Waals surface area contributed by atoms with Gasteiger partial charge in [-0.15, -0.1) is 0 Å². The van der Waals surface area contributed by atoms with Crippen LogP contribution in [0.2, 0.25) is 0 Å². The Bertz CT molecular complexity index is 410. The summed E-state index contributed by atoms with van der Waals surface area (Å²) in [6, 6.07) is 0. The molecule has 0 aromatic rings. The number of rotatable bonds is 1. The molecule has 0 amide bonds. The monoisotopic (exact) mass is 262 g/mol. The standard InChI is InChI=1S/C10H16O.C2H6O3S/c1-9(2)7-4-5-10(9,3)8(11)6-7;1-5-6(2,3)4/h7H,4-6H2,1-3H3;1-2H3. The van der Waals surface area contributed by atoms with Gasteiger partial charge in [0.15, 0.2) is 0 Å². The third kappa shape index (κ3) is 2.55. The Hall–Kier alpha value is -0.420. The Kier molecular flexibility index (Phi) is 3.75. The van der Waals surface area contributed by atoms with Gasteiger partial charge in [-0.2, -0.15) is 8.42 Å². The first-order valence-corrected chi connectivity index (χ1v) is 7.65. The zero-order chi connectivity index (χ0) is 13.5. The lowest BCUT2D eigenvalue weighted by atomic mass is 9.70. The van der Waals surface area contributed by atoms with E-state index in [9.17, 15) is 13.2 Å². The molecule has 2 aliphatic rings. The molecule has 2 saturated carbocycles. The normalized spacial score (nSPS) is 34.4. The van der Waals surface area contributed by atoms with Crippen molar-refractivity contribution in [2.24, 2.45) is 16.7 Å². The molecule has 5 heteroatoms. The van der Waals surface area contributed by atoms with Crippen LogP contribution in [-0.4, -0.2) is 27.6 Å². The number of ketones is 1. The maximum Gasteiger partial charge on any atom is 0.264 e. The summed E-state index contributed by atoms with van der Waals surface area (Å²) in [5, 5.41) is 0. The fourth-order valence-corrected chi connectivity index (χ4v) is 2.90. The molecule has 0 N–H and O–H groups in total. The second-order valence-corrected chi connectivity index (χ2v) is 7.53. The molecule has 2 unspecified atom stereocenters. The van der Waals surface area contributed by atoms with E-state index in [1.54, 1.807) is 0 Å². The van der Waals surface area contributed by atoms with Gasteiger partial charge in [-0.25, -0.2) is 0 Å². The molecule has 0 heterocycles. The van der Waals surface area contributed by atoms with E-state index in [4.69, 9.17) is 0 Å². The van der Waals surface area contributed by atoms with Gasteiger partial charge < -0.3 is 0 Å². The quantitative estimate of drug-likeness (QED) is 0.678. The van der Waals surface area contributed by atoms with E-state index in [1.807, 2.05) is 0 Å². The third-order valence-electron chi connectivity index (χ3n) is 4.79. The summed E-state index contributed by atoms with van der Waals surface area (Å²) in [7, 11) is -2.04. The minimum atomic E-state index is -3.16. The van der Waals surface area contributed by atoms with Crippen LogP contribution < -0.4 is 0 Å². The first kappa shape index (κ1) is 14.6. The zero-order valence-corrected chi connectivity index (χ0v) is 12.1. The van der Waals surface area contributed by atoms with Crippen LogP contribution in [0.1, 0.15) is 40.0 Å². The van der Waals surface area contributed by atoms with E-state index >= 15 is 0 Å². The van der Waals surface area contributed by atoms with E-state index in [-0.39, 0.29) is 10.8 Å². The molecule has 0 aliphatic heterocycles. The van der Waals surface area contributed by atoms with Gasteiger partial charge in [0.25, 0.3) is 10.1 Å². The number of hydrogen-bond donors (Lipinski definition) is 0. The smallest absolute Gasteiger partial charge is 0.264 e. The van der Waals surface area contributed by atoms with Gasteiger partial charge in [-0.3, -0.25) is 8.98 Å². The largest absolute Gasteiger partial charge is 0.299 e. The maximum atomic E-state index is 11.6. The SMILES string of the molecule is CC12CCC(CC1=O)C2(C)C.COS(C)(=O)=O. The molecule has 17 heavy (non-hydrogen) atoms. The zero-order valence-electron chi connectivity index (χ0n) is 11.2. The molecule has 2 fully saturated rings. The van der Waals surface area contributed by atoms with Gasteiger partial charge in [-0.1, -0.05) is 20.8 Å². The van der Waals surface area contributed by atoms with Gasteiger partial charge in [0.1, 0.15) is 5.78 Å². The van der Waals surface area contributed by atoms with Gasteiger partial charge in [0.05, 0.1) is 13.4 Å². The van der Waals surface area contributed by atoms with E-state index in [0.29, 0.717) is 11.7 Å². The summed E-state index contributed by atoms with van der Waals surface area (Å²) in [4.78, 5) is 11.6. The van der Waals surface area contributed by atoms with Crippen molar-refractivity contribution in [2.75, 3.05) is 13.4 Å². The van der Waals surface area contributed by atoms with Crippen molar-refractivity contribution in [3.8, 4) is 0 Å². The van der Waals surface area contributed by atoms with Crippen LogP contribution in [0.25, 0.3) is 0 Å². The van der Waals surface area contributed by atoms with Crippen LogP contribution in [0.3, 0.4) is 0 Å². The van der Waals surface area contributed by atoms with Crippen LogP contribution >= 0.6 is 0 Å². The Morgan fingerprint density at radius 1 is 1.29 bits per heavy atom. The van der Waals surface area contributed by atoms with Crippen molar-refractivity contribution in [3.05, 3.63) is 0 Å². The molecule has 0 saturated heterocycles. The van der Waals surface area contributed by atoms with E-state index in [0.717, 1.165) is 26.2 Å². The number of Topliss-reactive ketones (excluding diaryl/α,β-unsaturated/α-hetero) is 1. The number of hydrogen-bond acceptors (Lipinski definition) is 4. The summed E-state index contributed by atoms with van der Waals surface area (Å²) in [5.74, 6) is 1.19. The Morgan fingerprint density at radius 3 is 1.88 bits per heavy atom. The lowest BCUT2D eigenvalue weighted by Gasteiger charge is -2.32. The Labute approximate surface area is 104 Å². The van der Waals surface area contributed by atoms with E-state index in [2.05, 4.69) is 25.0 Å². The summed E-state index contributed by atoms with van der Waals surface area (Å²) in [5.41, 5.74) is 0.307. The Balaban J connectivity index is 0.000000209. The van der Waals surface area contributed by atoms with Gasteiger partial charge in [0.2, 0.25) is 0 Å². The second-order valence-electron chi connectivity index (χ2n) is 5.79. The number of carbonyl (C=O) groups is 1. The van der Waals surface area contributed by atoms with Crippen molar-refractivity contribution in [2.45, 2.75) is 40.0 Å². The lowest BCUT2D eigenvalue weighted by molar-refractivity contribution is -0.128. The first-order chi connectivity index (χ1) is 7.54. The van der Waals surface area contributed by atoms with Gasteiger partial charge in [-0.05, 0) is 24.2 Å². The van der Waals surface area contributed by atoms with Gasteiger partial charge in [0, 0.05) is 11.8 Å². The molecule has 2 aliphatic carbocycles. The summed E-state index contributed by atoms with van der Waals surface area (Å²) in [6.45, 7) is 6.67. The van der Waals surface area contributed by atoms with Crippen molar-refractivity contribution in [3.63, 3.8) is 0 Å². The lowest BCUT2D eigenvalue weighted by Crippen LogP contribution is -2.32. The number of fused-ring (bicyclic) bond motifs is 2. The summed E-state index contributed by atoms with van der Waals surface area (Å²) < 4.78 is 23.5. The van der Waals surface area contributed by atoms with Crippen LogP contribution in [-0.2, 0) is 19.1 Å². The highest BCUT2D eigenvalue weighted by Crippen LogP contribution is 2.63. The molecular formula is C12H22O4S. The second kappa shape index (κ2) is 4.35. The molecule has 0 aromatic carbocycles. The van der Waals surface area contributed by atoms with E-state index in [1.165, 1.54) is 6.42 Å². The highest BCUT2D eigenvalue weighted by Gasteiger charge is 2.61. The van der Waals surface area contributed by atoms with Crippen LogP contribution in [0.4, 0.5) is 0 Å². The summed E-state index contributed by atoms with van der Waals surface area (Å²) >= 11 is 0. The number of carbonyl (C=O) groups excluding carboxylic acids is 1. The molecule has 2 bridgehead atoms. The predicted molar refractivity (Wildman–Crippen MR) is 66.1 cm³/mol. The molecule has 0 aromatic heterocycles.